The minimum atomic E-state index is -0.346. The second kappa shape index (κ2) is 2.51. The van der Waals surface area contributed by atoms with Crippen LogP contribution < -0.4 is 5.73 Å². The van der Waals surface area contributed by atoms with Gasteiger partial charge in [0.1, 0.15) is 6.54 Å². The molecule has 1 amide bonds. The average Bonchev–Trinajstić information content (AvgIpc) is 2.15. The van der Waals surface area contributed by atoms with E-state index in [1.165, 1.54) is 0 Å². The SMILES string of the molecule is Cc1cncn1CC(N)=O. The smallest absolute Gasteiger partial charge is 0.237 e. The molecular weight excluding hydrogens is 130 g/mol. The molecule has 0 atom stereocenters. The summed E-state index contributed by atoms with van der Waals surface area (Å²) < 4.78 is 1.70. The summed E-state index contributed by atoms with van der Waals surface area (Å²) in [5.74, 6) is -0.346. The van der Waals surface area contributed by atoms with E-state index in [1.54, 1.807) is 17.1 Å². The molecule has 1 aromatic rings. The molecule has 0 aliphatic carbocycles. The zero-order valence-corrected chi connectivity index (χ0v) is 5.74. The molecule has 1 rings (SSSR count). The van der Waals surface area contributed by atoms with Crippen LogP contribution in [0.2, 0.25) is 0 Å². The molecule has 54 valence electrons. The van der Waals surface area contributed by atoms with Crippen molar-refractivity contribution in [3.8, 4) is 0 Å². The van der Waals surface area contributed by atoms with Gasteiger partial charge in [-0.15, -0.1) is 0 Å². The molecule has 0 aromatic carbocycles. The van der Waals surface area contributed by atoms with E-state index in [9.17, 15) is 4.79 Å². The molecule has 10 heavy (non-hydrogen) atoms. The Balaban J connectivity index is 2.74. The van der Waals surface area contributed by atoms with E-state index in [4.69, 9.17) is 5.73 Å². The predicted molar refractivity (Wildman–Crippen MR) is 36.2 cm³/mol. The van der Waals surface area contributed by atoms with E-state index in [-0.39, 0.29) is 12.5 Å². The lowest BCUT2D eigenvalue weighted by Gasteiger charge is -1.98. The third-order valence-corrected chi connectivity index (χ3v) is 1.25. The molecule has 0 saturated carbocycles. The number of amides is 1. The largest absolute Gasteiger partial charge is 0.368 e. The highest BCUT2D eigenvalue weighted by atomic mass is 16.1. The Morgan fingerprint density at radius 3 is 3.00 bits per heavy atom. The second-order valence-corrected chi connectivity index (χ2v) is 2.13. The summed E-state index contributed by atoms with van der Waals surface area (Å²) in [5, 5.41) is 0. The number of rotatable bonds is 2. The Hall–Kier alpha value is -1.32. The van der Waals surface area contributed by atoms with Gasteiger partial charge in [0.2, 0.25) is 5.91 Å². The van der Waals surface area contributed by atoms with Crippen molar-refractivity contribution in [3.05, 3.63) is 18.2 Å². The third kappa shape index (κ3) is 1.34. The topological polar surface area (TPSA) is 60.9 Å². The zero-order chi connectivity index (χ0) is 7.56. The van der Waals surface area contributed by atoms with Crippen LogP contribution in [0.25, 0.3) is 0 Å². The molecule has 0 saturated heterocycles. The van der Waals surface area contributed by atoms with Gasteiger partial charge < -0.3 is 10.3 Å². The molecule has 0 bridgehead atoms. The summed E-state index contributed by atoms with van der Waals surface area (Å²) in [6.45, 7) is 2.09. The number of hydrogen-bond donors (Lipinski definition) is 1. The molecule has 0 radical (unpaired) electrons. The highest BCUT2D eigenvalue weighted by Crippen LogP contribution is 1.94. The molecule has 1 heterocycles. The molecule has 0 aliphatic rings. The van der Waals surface area contributed by atoms with Crippen LogP contribution in [-0.4, -0.2) is 15.5 Å². The first-order valence-corrected chi connectivity index (χ1v) is 2.95. The molecule has 2 N–H and O–H groups in total. The van der Waals surface area contributed by atoms with E-state index >= 15 is 0 Å². The fourth-order valence-electron chi connectivity index (χ4n) is 0.720. The molecule has 0 unspecified atom stereocenters. The van der Waals surface area contributed by atoms with Crippen molar-refractivity contribution in [2.75, 3.05) is 0 Å². The van der Waals surface area contributed by atoms with Crippen molar-refractivity contribution >= 4 is 5.91 Å². The minimum absolute atomic E-state index is 0.214. The van der Waals surface area contributed by atoms with E-state index in [1.807, 2.05) is 6.92 Å². The normalized spacial score (nSPS) is 9.70. The zero-order valence-electron chi connectivity index (χ0n) is 5.74. The van der Waals surface area contributed by atoms with Crippen molar-refractivity contribution in [3.63, 3.8) is 0 Å². The fourth-order valence-corrected chi connectivity index (χ4v) is 0.720. The Morgan fingerprint density at radius 1 is 1.90 bits per heavy atom. The summed E-state index contributed by atoms with van der Waals surface area (Å²) >= 11 is 0. The molecule has 0 spiro atoms. The molecule has 0 aliphatic heterocycles. The van der Waals surface area contributed by atoms with Gasteiger partial charge in [-0.05, 0) is 6.92 Å². The van der Waals surface area contributed by atoms with Crippen LogP contribution in [0.1, 0.15) is 5.69 Å². The Morgan fingerprint density at radius 2 is 2.60 bits per heavy atom. The monoisotopic (exact) mass is 139 g/mol. The number of imidazole rings is 1. The third-order valence-electron chi connectivity index (χ3n) is 1.25. The van der Waals surface area contributed by atoms with E-state index < -0.39 is 0 Å². The number of primary amides is 1. The Bertz CT molecular complexity index is 241. The highest BCUT2D eigenvalue weighted by molar-refractivity contribution is 5.73. The van der Waals surface area contributed by atoms with Crippen LogP contribution in [0, 0.1) is 6.92 Å². The van der Waals surface area contributed by atoms with Crippen LogP contribution in [0.15, 0.2) is 12.5 Å². The van der Waals surface area contributed by atoms with Gasteiger partial charge in [-0.2, -0.15) is 0 Å². The summed E-state index contributed by atoms with van der Waals surface area (Å²) in [6, 6.07) is 0. The van der Waals surface area contributed by atoms with Gasteiger partial charge in [0.15, 0.2) is 0 Å². The molecule has 4 nitrogen and oxygen atoms in total. The number of aryl methyl sites for hydroxylation is 1. The summed E-state index contributed by atoms with van der Waals surface area (Å²) in [7, 11) is 0. The lowest BCUT2D eigenvalue weighted by atomic mass is 10.5. The molecular formula is C6H9N3O. The maximum absolute atomic E-state index is 10.4. The first-order valence-electron chi connectivity index (χ1n) is 2.95. The lowest BCUT2D eigenvalue weighted by molar-refractivity contribution is -0.118. The van der Waals surface area contributed by atoms with Crippen LogP contribution >= 0.6 is 0 Å². The van der Waals surface area contributed by atoms with Gasteiger partial charge in [0.05, 0.1) is 6.33 Å². The van der Waals surface area contributed by atoms with E-state index in [0.29, 0.717) is 0 Å². The number of carbonyl (C=O) groups excluding carboxylic acids is 1. The second-order valence-electron chi connectivity index (χ2n) is 2.13. The van der Waals surface area contributed by atoms with Crippen molar-refractivity contribution in [2.45, 2.75) is 13.5 Å². The predicted octanol–water partition coefficient (Wildman–Crippen LogP) is -0.323. The van der Waals surface area contributed by atoms with Crippen LogP contribution in [0.4, 0.5) is 0 Å². The fraction of sp³-hybridized carbons (Fsp3) is 0.333. The maximum Gasteiger partial charge on any atom is 0.237 e. The molecule has 0 fully saturated rings. The van der Waals surface area contributed by atoms with Crippen molar-refractivity contribution in [2.24, 2.45) is 5.73 Å². The van der Waals surface area contributed by atoms with Crippen molar-refractivity contribution in [1.82, 2.24) is 9.55 Å². The first kappa shape index (κ1) is 6.80. The Labute approximate surface area is 58.7 Å². The standard InChI is InChI=1S/C6H9N3O/c1-5-2-8-4-9(5)3-6(7)10/h2,4H,3H2,1H3,(H2,7,10). The van der Waals surface area contributed by atoms with Crippen molar-refractivity contribution in [1.29, 1.82) is 0 Å². The maximum atomic E-state index is 10.4. The highest BCUT2D eigenvalue weighted by Gasteiger charge is 1.98. The van der Waals surface area contributed by atoms with Crippen LogP contribution in [0.3, 0.4) is 0 Å². The molecule has 1 aromatic heterocycles. The number of nitrogens with two attached hydrogens (primary N) is 1. The Kier molecular flexibility index (Phi) is 1.71. The quantitative estimate of drug-likeness (QED) is 0.610. The first-order chi connectivity index (χ1) is 4.70. The van der Waals surface area contributed by atoms with Crippen molar-refractivity contribution < 1.29 is 4.79 Å². The number of carbonyl (C=O) groups is 1. The van der Waals surface area contributed by atoms with E-state index in [0.717, 1.165) is 5.69 Å². The van der Waals surface area contributed by atoms with Gasteiger partial charge in [-0.1, -0.05) is 0 Å². The number of hydrogen-bond acceptors (Lipinski definition) is 2. The van der Waals surface area contributed by atoms with Crippen LogP contribution in [-0.2, 0) is 11.3 Å². The number of aromatic nitrogens is 2. The molecule has 4 heteroatoms. The summed E-state index contributed by atoms with van der Waals surface area (Å²) in [6.07, 6.45) is 3.27. The number of nitrogens with zero attached hydrogens (tertiary/aromatic N) is 2. The minimum Gasteiger partial charge on any atom is -0.368 e. The van der Waals surface area contributed by atoms with Gasteiger partial charge in [0.25, 0.3) is 0 Å². The summed E-state index contributed by atoms with van der Waals surface area (Å²) in [4.78, 5) is 14.2. The van der Waals surface area contributed by atoms with Gasteiger partial charge in [0, 0.05) is 11.9 Å². The van der Waals surface area contributed by atoms with Gasteiger partial charge in [-0.25, -0.2) is 4.98 Å². The summed E-state index contributed by atoms with van der Waals surface area (Å²) in [5.41, 5.74) is 5.91. The van der Waals surface area contributed by atoms with E-state index in [2.05, 4.69) is 4.98 Å². The lowest BCUT2D eigenvalue weighted by Crippen LogP contribution is -2.18. The van der Waals surface area contributed by atoms with Gasteiger partial charge in [-0.3, -0.25) is 4.79 Å². The average molecular weight is 139 g/mol. The van der Waals surface area contributed by atoms with Gasteiger partial charge >= 0.3 is 0 Å². The van der Waals surface area contributed by atoms with Crippen LogP contribution in [0.5, 0.6) is 0 Å².